The van der Waals surface area contributed by atoms with Crippen LogP contribution in [0.25, 0.3) is 0 Å². The van der Waals surface area contributed by atoms with Gasteiger partial charge in [0.25, 0.3) is 11.6 Å². The number of hydrogen-bond acceptors (Lipinski definition) is 6. The van der Waals surface area contributed by atoms with Gasteiger partial charge in [0, 0.05) is 30.1 Å². The van der Waals surface area contributed by atoms with E-state index in [9.17, 15) is 19.7 Å². The second-order valence-electron chi connectivity index (χ2n) is 6.38. The number of H-pyrrole nitrogens is 1. The first-order valence-corrected chi connectivity index (χ1v) is 9.05. The normalized spacial score (nSPS) is 15.7. The Morgan fingerprint density at radius 2 is 2.07 bits per heavy atom. The second kappa shape index (κ2) is 8.12. The van der Waals surface area contributed by atoms with Crippen molar-refractivity contribution in [2.24, 2.45) is 0 Å². The molecule has 1 N–H and O–H groups in total. The van der Waals surface area contributed by atoms with Gasteiger partial charge in [0.2, 0.25) is 5.43 Å². The zero-order valence-electron chi connectivity index (χ0n) is 15.6. The summed E-state index contributed by atoms with van der Waals surface area (Å²) in [5, 5.41) is 11.1. The third kappa shape index (κ3) is 3.83. The van der Waals surface area contributed by atoms with Crippen molar-refractivity contribution in [1.29, 1.82) is 0 Å². The number of non-ortho nitro benzene ring substituents is 1. The van der Waals surface area contributed by atoms with Gasteiger partial charge in [-0.3, -0.25) is 24.6 Å². The lowest BCUT2D eigenvalue weighted by Gasteiger charge is -2.33. The summed E-state index contributed by atoms with van der Waals surface area (Å²) in [6, 6.07) is 5.49. The van der Waals surface area contributed by atoms with Gasteiger partial charge in [0.1, 0.15) is 5.75 Å². The third-order valence-electron chi connectivity index (χ3n) is 4.35. The Morgan fingerprint density at radius 3 is 2.71 bits per heavy atom. The molecular formula is C19H21N3O6. The highest BCUT2D eigenvalue weighted by atomic mass is 16.6. The van der Waals surface area contributed by atoms with Gasteiger partial charge >= 0.3 is 0 Å². The number of rotatable bonds is 7. The molecular weight excluding hydrogens is 366 g/mol. The molecule has 148 valence electrons. The highest BCUT2D eigenvalue weighted by molar-refractivity contribution is 6.00. The standard InChI is InChI=1S/C19H21N3O6/c1-3-7-27-18-10-20-12(8-15(18)23)11-21-14-9-13(22(25)26)5-6-17(14)28-16(4-2)19(21)24/h5-6,8-10,16H,3-4,7,11H2,1-2H3,(H,20,23). The number of pyridine rings is 1. The largest absolute Gasteiger partial charge is 0.488 e. The maximum Gasteiger partial charge on any atom is 0.271 e. The number of carbonyl (C=O) groups excluding carboxylic acids is 1. The Hall–Kier alpha value is -3.36. The molecule has 1 unspecified atom stereocenters. The molecule has 0 aliphatic carbocycles. The van der Waals surface area contributed by atoms with E-state index < -0.39 is 11.0 Å². The van der Waals surface area contributed by atoms with E-state index in [4.69, 9.17) is 9.47 Å². The van der Waals surface area contributed by atoms with Crippen LogP contribution in [0.5, 0.6) is 11.5 Å². The Morgan fingerprint density at radius 1 is 1.29 bits per heavy atom. The second-order valence-corrected chi connectivity index (χ2v) is 6.38. The lowest BCUT2D eigenvalue weighted by molar-refractivity contribution is -0.384. The summed E-state index contributed by atoms with van der Waals surface area (Å²) in [6.07, 6.45) is 2.00. The molecule has 1 aromatic heterocycles. The van der Waals surface area contributed by atoms with Crippen molar-refractivity contribution in [3.05, 3.63) is 56.5 Å². The lowest BCUT2D eigenvalue weighted by atomic mass is 10.1. The number of nitrogens with zero attached hydrogens (tertiary/aromatic N) is 2. The number of nitrogens with one attached hydrogen (secondary N) is 1. The van der Waals surface area contributed by atoms with Gasteiger partial charge < -0.3 is 14.5 Å². The number of benzene rings is 1. The van der Waals surface area contributed by atoms with Crippen molar-refractivity contribution in [3.8, 4) is 11.5 Å². The van der Waals surface area contributed by atoms with Crippen molar-refractivity contribution in [2.75, 3.05) is 11.5 Å². The summed E-state index contributed by atoms with van der Waals surface area (Å²) in [6.45, 7) is 4.24. The Kier molecular flexibility index (Phi) is 5.62. The number of carbonyl (C=O) groups is 1. The molecule has 1 amide bonds. The monoisotopic (exact) mass is 387 g/mol. The Balaban J connectivity index is 1.95. The van der Waals surface area contributed by atoms with Gasteiger partial charge in [-0.15, -0.1) is 0 Å². The number of nitro benzene ring substituents is 1. The molecule has 0 saturated carbocycles. The predicted octanol–water partition coefficient (Wildman–Crippen LogP) is 2.78. The fraction of sp³-hybridized carbons (Fsp3) is 0.368. The Bertz CT molecular complexity index is 955. The van der Waals surface area contributed by atoms with Gasteiger partial charge in [-0.25, -0.2) is 0 Å². The van der Waals surface area contributed by atoms with Gasteiger partial charge in [-0.1, -0.05) is 13.8 Å². The minimum atomic E-state index is -0.687. The molecule has 3 rings (SSSR count). The average molecular weight is 387 g/mol. The molecule has 0 saturated heterocycles. The predicted molar refractivity (Wildman–Crippen MR) is 102 cm³/mol. The van der Waals surface area contributed by atoms with Gasteiger partial charge in [-0.2, -0.15) is 0 Å². The van der Waals surface area contributed by atoms with E-state index in [1.165, 1.54) is 35.4 Å². The summed E-state index contributed by atoms with van der Waals surface area (Å²) in [5.74, 6) is 0.284. The van der Waals surface area contributed by atoms with E-state index in [0.29, 0.717) is 30.2 Å². The van der Waals surface area contributed by atoms with Crippen LogP contribution in [0.2, 0.25) is 0 Å². The van der Waals surface area contributed by atoms with Crippen LogP contribution >= 0.6 is 0 Å². The molecule has 0 fully saturated rings. The molecule has 28 heavy (non-hydrogen) atoms. The zero-order chi connectivity index (χ0) is 20.3. The minimum Gasteiger partial charge on any atom is -0.488 e. The quantitative estimate of drug-likeness (QED) is 0.577. The number of amides is 1. The van der Waals surface area contributed by atoms with Crippen LogP contribution in [0, 0.1) is 10.1 Å². The lowest BCUT2D eigenvalue weighted by Crippen LogP contribution is -2.45. The number of nitro groups is 1. The molecule has 1 aliphatic heterocycles. The molecule has 2 heterocycles. The van der Waals surface area contributed by atoms with E-state index in [2.05, 4.69) is 4.98 Å². The van der Waals surface area contributed by atoms with Crippen LogP contribution in [0.1, 0.15) is 32.4 Å². The van der Waals surface area contributed by atoms with Crippen molar-refractivity contribution in [3.63, 3.8) is 0 Å². The third-order valence-corrected chi connectivity index (χ3v) is 4.35. The van der Waals surface area contributed by atoms with Gasteiger partial charge in [-0.05, 0) is 18.9 Å². The summed E-state index contributed by atoms with van der Waals surface area (Å²) in [7, 11) is 0. The Labute approximate surface area is 161 Å². The smallest absolute Gasteiger partial charge is 0.271 e. The van der Waals surface area contributed by atoms with Crippen molar-refractivity contribution in [1.82, 2.24) is 4.98 Å². The fourth-order valence-electron chi connectivity index (χ4n) is 2.93. The molecule has 2 aromatic rings. The minimum absolute atomic E-state index is 0.0517. The summed E-state index contributed by atoms with van der Waals surface area (Å²) < 4.78 is 11.0. The topological polar surface area (TPSA) is 115 Å². The van der Waals surface area contributed by atoms with Crippen LogP contribution in [0.3, 0.4) is 0 Å². The summed E-state index contributed by atoms with van der Waals surface area (Å²) >= 11 is 0. The van der Waals surface area contributed by atoms with Gasteiger partial charge in [0.15, 0.2) is 11.9 Å². The average Bonchev–Trinajstić information content (AvgIpc) is 2.68. The molecule has 1 aliphatic rings. The van der Waals surface area contributed by atoms with Crippen LogP contribution in [0.4, 0.5) is 11.4 Å². The molecule has 0 spiro atoms. The number of fused-ring (bicyclic) bond motifs is 1. The van der Waals surface area contributed by atoms with Crippen molar-refractivity contribution < 1.29 is 19.2 Å². The van der Waals surface area contributed by atoms with E-state index in [0.717, 1.165) is 6.42 Å². The molecule has 1 atom stereocenters. The van der Waals surface area contributed by atoms with Crippen molar-refractivity contribution >= 4 is 17.3 Å². The molecule has 9 nitrogen and oxygen atoms in total. The zero-order valence-corrected chi connectivity index (χ0v) is 15.6. The number of aromatic nitrogens is 1. The first kappa shape index (κ1) is 19.4. The molecule has 9 heteroatoms. The fourth-order valence-corrected chi connectivity index (χ4v) is 2.93. The molecule has 0 bridgehead atoms. The van der Waals surface area contributed by atoms with Gasteiger partial charge in [0.05, 0.1) is 23.8 Å². The maximum absolute atomic E-state index is 12.8. The van der Waals surface area contributed by atoms with Crippen LogP contribution in [-0.4, -0.2) is 28.5 Å². The summed E-state index contributed by atoms with van der Waals surface area (Å²) in [4.78, 5) is 40.0. The number of ether oxygens (including phenoxy) is 2. The van der Waals surface area contributed by atoms with Crippen LogP contribution in [0.15, 0.2) is 35.3 Å². The molecule has 1 aromatic carbocycles. The van der Waals surface area contributed by atoms with E-state index in [1.54, 1.807) is 0 Å². The van der Waals surface area contributed by atoms with E-state index in [1.807, 2.05) is 13.8 Å². The SMILES string of the molecule is CCCOc1c[nH]c(CN2C(=O)C(CC)Oc3ccc([N+](=O)[O-])cc32)cc1=O. The highest BCUT2D eigenvalue weighted by Crippen LogP contribution is 2.38. The number of aromatic amines is 1. The molecule has 0 radical (unpaired) electrons. The van der Waals surface area contributed by atoms with E-state index in [-0.39, 0.29) is 29.3 Å². The van der Waals surface area contributed by atoms with Crippen LogP contribution in [-0.2, 0) is 11.3 Å². The first-order chi connectivity index (χ1) is 13.4. The van der Waals surface area contributed by atoms with Crippen molar-refractivity contribution in [2.45, 2.75) is 39.3 Å². The number of hydrogen-bond donors (Lipinski definition) is 1. The van der Waals surface area contributed by atoms with E-state index >= 15 is 0 Å². The first-order valence-electron chi connectivity index (χ1n) is 9.05. The maximum atomic E-state index is 12.8. The van der Waals surface area contributed by atoms with Crippen LogP contribution < -0.4 is 19.8 Å². The summed E-state index contributed by atoms with van der Waals surface area (Å²) in [5.41, 5.74) is 0.341. The highest BCUT2D eigenvalue weighted by Gasteiger charge is 2.34. The number of anilines is 1.